The lowest BCUT2D eigenvalue weighted by Gasteiger charge is -2.14. The van der Waals surface area contributed by atoms with Crippen LogP contribution in [0.15, 0.2) is 18.2 Å². The molecule has 0 heterocycles. The molecule has 1 aromatic rings. The largest absolute Gasteiger partial charge is 0.494 e. The first-order valence-corrected chi connectivity index (χ1v) is 6.07. The van der Waals surface area contributed by atoms with Gasteiger partial charge in [0.25, 0.3) is 0 Å². The van der Waals surface area contributed by atoms with E-state index in [1.54, 1.807) is 12.1 Å². The minimum atomic E-state index is -0.223. The van der Waals surface area contributed by atoms with Gasteiger partial charge in [-0.15, -0.1) is 11.8 Å². The molecule has 1 rings (SSSR count). The average Bonchev–Trinajstić information content (AvgIpc) is 2.32. The van der Waals surface area contributed by atoms with E-state index >= 15 is 0 Å². The van der Waals surface area contributed by atoms with Crippen LogP contribution in [-0.4, -0.2) is 6.61 Å². The van der Waals surface area contributed by atoms with Crippen molar-refractivity contribution in [3.05, 3.63) is 29.6 Å². The minimum Gasteiger partial charge on any atom is -0.494 e. The van der Waals surface area contributed by atoms with Crippen LogP contribution in [0.3, 0.4) is 0 Å². The summed E-state index contributed by atoms with van der Waals surface area (Å²) in [6.07, 6.45) is 1.59. The van der Waals surface area contributed by atoms with Gasteiger partial charge >= 0.3 is 0 Å². The molecular weight excluding hydrogens is 215 g/mol. The first-order valence-electron chi connectivity index (χ1n) is 6.07. The highest BCUT2D eigenvalue weighted by atomic mass is 19.1. The average molecular weight is 234 g/mol. The lowest BCUT2D eigenvalue weighted by atomic mass is 9.97. The quantitative estimate of drug-likeness (QED) is 0.712. The van der Waals surface area contributed by atoms with Crippen LogP contribution in [0, 0.1) is 17.7 Å². The second kappa shape index (κ2) is 6.96. The fraction of sp³-hybridized carbons (Fsp3) is 0.467. The Bertz CT molecular complexity index is 415. The van der Waals surface area contributed by atoms with Crippen molar-refractivity contribution in [2.24, 2.45) is 0 Å². The topological polar surface area (TPSA) is 9.23 Å². The summed E-state index contributed by atoms with van der Waals surface area (Å²) in [6, 6.07) is 4.67. The molecule has 0 aliphatic carbocycles. The second-order valence-corrected chi connectivity index (χ2v) is 3.93. The van der Waals surface area contributed by atoms with E-state index in [2.05, 4.69) is 11.8 Å². The molecular formula is C15H19FO. The first kappa shape index (κ1) is 13.6. The Morgan fingerprint density at radius 1 is 1.29 bits per heavy atom. The maximum Gasteiger partial charge on any atom is 0.123 e. The summed E-state index contributed by atoms with van der Waals surface area (Å²) in [5.74, 6) is 6.85. The third-order valence-corrected chi connectivity index (χ3v) is 2.51. The lowest BCUT2D eigenvalue weighted by Crippen LogP contribution is -2.00. The summed E-state index contributed by atoms with van der Waals surface area (Å²) >= 11 is 0. The SMILES string of the molecule is CCC#CCC(C)c1cc(F)ccc1OCC. The summed E-state index contributed by atoms with van der Waals surface area (Å²) in [7, 11) is 0. The van der Waals surface area contributed by atoms with Crippen molar-refractivity contribution in [3.63, 3.8) is 0 Å². The van der Waals surface area contributed by atoms with E-state index in [9.17, 15) is 4.39 Å². The van der Waals surface area contributed by atoms with E-state index in [4.69, 9.17) is 4.74 Å². The Balaban J connectivity index is 2.89. The fourth-order valence-electron chi connectivity index (χ4n) is 1.65. The molecule has 17 heavy (non-hydrogen) atoms. The summed E-state index contributed by atoms with van der Waals surface area (Å²) in [4.78, 5) is 0. The lowest BCUT2D eigenvalue weighted by molar-refractivity contribution is 0.334. The fourth-order valence-corrected chi connectivity index (χ4v) is 1.65. The van der Waals surface area contributed by atoms with Crippen LogP contribution in [0.2, 0.25) is 0 Å². The van der Waals surface area contributed by atoms with Crippen molar-refractivity contribution in [1.82, 2.24) is 0 Å². The van der Waals surface area contributed by atoms with Gasteiger partial charge in [-0.25, -0.2) is 4.39 Å². The van der Waals surface area contributed by atoms with Gasteiger partial charge in [0.2, 0.25) is 0 Å². The zero-order valence-electron chi connectivity index (χ0n) is 10.7. The molecule has 0 spiro atoms. The highest BCUT2D eigenvalue weighted by Crippen LogP contribution is 2.29. The molecule has 0 aromatic heterocycles. The van der Waals surface area contributed by atoms with Crippen LogP contribution in [0.5, 0.6) is 5.75 Å². The van der Waals surface area contributed by atoms with Crippen molar-refractivity contribution in [2.45, 2.75) is 39.5 Å². The molecule has 92 valence electrons. The number of ether oxygens (including phenoxy) is 1. The van der Waals surface area contributed by atoms with Gasteiger partial charge in [0.1, 0.15) is 11.6 Å². The number of rotatable bonds is 4. The van der Waals surface area contributed by atoms with Crippen LogP contribution in [0.4, 0.5) is 4.39 Å². The van der Waals surface area contributed by atoms with Crippen LogP contribution in [-0.2, 0) is 0 Å². The number of benzene rings is 1. The van der Waals surface area contributed by atoms with Crippen molar-refractivity contribution in [1.29, 1.82) is 0 Å². The number of hydrogen-bond donors (Lipinski definition) is 0. The molecule has 0 amide bonds. The molecule has 0 aliphatic heterocycles. The number of halogens is 1. The maximum absolute atomic E-state index is 13.2. The molecule has 0 aliphatic rings. The highest BCUT2D eigenvalue weighted by molar-refractivity contribution is 5.37. The molecule has 1 atom stereocenters. The van der Waals surface area contributed by atoms with Crippen LogP contribution >= 0.6 is 0 Å². The number of hydrogen-bond acceptors (Lipinski definition) is 1. The summed E-state index contributed by atoms with van der Waals surface area (Å²) in [5, 5.41) is 0. The monoisotopic (exact) mass is 234 g/mol. The normalized spacial score (nSPS) is 11.5. The Hall–Kier alpha value is -1.49. The predicted octanol–water partition coefficient (Wildman–Crippen LogP) is 4.13. The Morgan fingerprint density at radius 3 is 2.71 bits per heavy atom. The first-order chi connectivity index (χ1) is 8.19. The van der Waals surface area contributed by atoms with Crippen molar-refractivity contribution in [2.75, 3.05) is 6.61 Å². The summed E-state index contributed by atoms with van der Waals surface area (Å²) in [5.41, 5.74) is 0.900. The van der Waals surface area contributed by atoms with E-state index in [-0.39, 0.29) is 11.7 Å². The van der Waals surface area contributed by atoms with E-state index in [0.29, 0.717) is 6.61 Å². The molecule has 2 heteroatoms. The molecule has 0 saturated carbocycles. The van der Waals surface area contributed by atoms with Crippen molar-refractivity contribution >= 4 is 0 Å². The zero-order valence-corrected chi connectivity index (χ0v) is 10.7. The van der Waals surface area contributed by atoms with Crippen LogP contribution in [0.25, 0.3) is 0 Å². The summed E-state index contributed by atoms with van der Waals surface area (Å²) < 4.78 is 18.7. The van der Waals surface area contributed by atoms with Gasteiger partial charge in [0, 0.05) is 18.4 Å². The molecule has 1 aromatic carbocycles. The molecule has 0 radical (unpaired) electrons. The third kappa shape index (κ3) is 4.11. The molecule has 1 unspecified atom stereocenters. The van der Waals surface area contributed by atoms with E-state index < -0.39 is 0 Å². The van der Waals surface area contributed by atoms with E-state index in [1.807, 2.05) is 20.8 Å². The Kier molecular flexibility index (Phi) is 5.56. The summed E-state index contributed by atoms with van der Waals surface area (Å²) in [6.45, 7) is 6.58. The Morgan fingerprint density at radius 2 is 2.06 bits per heavy atom. The predicted molar refractivity (Wildman–Crippen MR) is 68.7 cm³/mol. The van der Waals surface area contributed by atoms with Gasteiger partial charge in [-0.3, -0.25) is 0 Å². The smallest absolute Gasteiger partial charge is 0.123 e. The Labute approximate surface area is 103 Å². The molecule has 0 fully saturated rings. The molecule has 1 nitrogen and oxygen atoms in total. The second-order valence-electron chi connectivity index (χ2n) is 3.93. The molecule has 0 N–H and O–H groups in total. The third-order valence-electron chi connectivity index (χ3n) is 2.51. The van der Waals surface area contributed by atoms with Crippen molar-refractivity contribution in [3.8, 4) is 17.6 Å². The molecule has 0 bridgehead atoms. The van der Waals surface area contributed by atoms with Gasteiger partial charge in [0.05, 0.1) is 6.61 Å². The van der Waals surface area contributed by atoms with Gasteiger partial charge < -0.3 is 4.74 Å². The van der Waals surface area contributed by atoms with Gasteiger partial charge in [-0.2, -0.15) is 0 Å². The van der Waals surface area contributed by atoms with Gasteiger partial charge in [-0.05, 0) is 31.0 Å². The van der Waals surface area contributed by atoms with E-state index in [0.717, 1.165) is 24.2 Å². The van der Waals surface area contributed by atoms with Crippen LogP contribution < -0.4 is 4.74 Å². The standard InChI is InChI=1S/C15H19FO/c1-4-6-7-8-12(3)14-11-13(16)9-10-15(14)17-5-2/h9-12H,4-5,8H2,1-3H3. The highest BCUT2D eigenvalue weighted by Gasteiger charge is 2.11. The zero-order chi connectivity index (χ0) is 12.7. The maximum atomic E-state index is 13.2. The molecule has 0 saturated heterocycles. The van der Waals surface area contributed by atoms with Crippen LogP contribution in [0.1, 0.15) is 45.1 Å². The van der Waals surface area contributed by atoms with E-state index in [1.165, 1.54) is 6.07 Å². The minimum absolute atomic E-state index is 0.186. The van der Waals surface area contributed by atoms with Gasteiger partial charge in [0.15, 0.2) is 0 Å². The van der Waals surface area contributed by atoms with Crippen molar-refractivity contribution < 1.29 is 9.13 Å². The van der Waals surface area contributed by atoms with Gasteiger partial charge in [-0.1, -0.05) is 13.8 Å².